The second kappa shape index (κ2) is 8.57. The van der Waals surface area contributed by atoms with Gasteiger partial charge in [-0.1, -0.05) is 59.1 Å². The van der Waals surface area contributed by atoms with Crippen LogP contribution in [0.5, 0.6) is 0 Å². The summed E-state index contributed by atoms with van der Waals surface area (Å²) in [5, 5.41) is 0. The summed E-state index contributed by atoms with van der Waals surface area (Å²) in [6, 6.07) is 7.45. The average molecular weight is 304 g/mol. The van der Waals surface area contributed by atoms with Crippen molar-refractivity contribution in [3.63, 3.8) is 0 Å². The van der Waals surface area contributed by atoms with Gasteiger partial charge in [-0.25, -0.2) is 0 Å². The predicted molar refractivity (Wildman–Crippen MR) is 89.5 cm³/mol. The summed E-state index contributed by atoms with van der Waals surface area (Å²) in [7, 11) is 0. The number of hydrogen-bond donors (Lipinski definition) is 2. The van der Waals surface area contributed by atoms with Gasteiger partial charge in [0.15, 0.2) is 0 Å². The molecule has 4 heteroatoms. The van der Waals surface area contributed by atoms with E-state index >= 15 is 0 Å². The van der Waals surface area contributed by atoms with E-state index in [2.05, 4.69) is 38.5 Å². The Bertz CT molecular complexity index is 487. The lowest BCUT2D eigenvalue weighted by molar-refractivity contribution is -0.122. The van der Waals surface area contributed by atoms with Crippen molar-refractivity contribution in [1.82, 2.24) is 10.9 Å². The van der Waals surface area contributed by atoms with Crippen molar-refractivity contribution >= 4 is 11.8 Å². The summed E-state index contributed by atoms with van der Waals surface area (Å²) < 4.78 is 0. The van der Waals surface area contributed by atoms with Crippen LogP contribution < -0.4 is 10.9 Å². The van der Waals surface area contributed by atoms with Gasteiger partial charge in [0.25, 0.3) is 5.91 Å². The molecule has 1 aromatic rings. The maximum absolute atomic E-state index is 12.0. The lowest BCUT2D eigenvalue weighted by atomic mass is 9.87. The van der Waals surface area contributed by atoms with Crippen LogP contribution in [-0.4, -0.2) is 11.8 Å². The van der Waals surface area contributed by atoms with Gasteiger partial charge in [0.2, 0.25) is 5.91 Å². The van der Waals surface area contributed by atoms with Crippen molar-refractivity contribution in [2.75, 3.05) is 0 Å². The Kier molecular flexibility index (Phi) is 7.09. The van der Waals surface area contributed by atoms with E-state index in [9.17, 15) is 9.59 Å². The Balaban J connectivity index is 2.40. The maximum atomic E-state index is 12.0. The molecule has 0 atom stereocenters. The van der Waals surface area contributed by atoms with Gasteiger partial charge in [-0.05, 0) is 29.5 Å². The van der Waals surface area contributed by atoms with E-state index in [0.717, 1.165) is 25.7 Å². The first kappa shape index (κ1) is 18.2. The van der Waals surface area contributed by atoms with Crippen molar-refractivity contribution in [3.8, 4) is 0 Å². The van der Waals surface area contributed by atoms with Gasteiger partial charge in [-0.15, -0.1) is 0 Å². The van der Waals surface area contributed by atoms with Crippen molar-refractivity contribution in [3.05, 3.63) is 35.4 Å². The van der Waals surface area contributed by atoms with Crippen LogP contribution in [0.2, 0.25) is 0 Å². The SMILES string of the molecule is CCCCCCC(=O)NNC(=O)c1ccc(C(C)(C)C)cc1. The standard InChI is InChI=1S/C18H28N2O2/c1-5-6-7-8-9-16(21)19-20-17(22)14-10-12-15(13-11-14)18(2,3)4/h10-13H,5-9H2,1-4H3,(H,19,21)(H,20,22). The zero-order valence-corrected chi connectivity index (χ0v) is 14.2. The number of hydrazine groups is 1. The highest BCUT2D eigenvalue weighted by atomic mass is 16.2. The molecule has 0 fully saturated rings. The van der Waals surface area contributed by atoms with Gasteiger partial charge in [0.1, 0.15) is 0 Å². The third kappa shape index (κ3) is 6.29. The van der Waals surface area contributed by atoms with Crippen molar-refractivity contribution in [2.24, 2.45) is 0 Å². The van der Waals surface area contributed by atoms with Crippen LogP contribution in [0.1, 0.15) is 75.7 Å². The Hall–Kier alpha value is -1.84. The first-order chi connectivity index (χ1) is 10.3. The molecule has 1 aromatic carbocycles. The lowest BCUT2D eigenvalue weighted by Gasteiger charge is -2.19. The molecule has 2 N–H and O–H groups in total. The molecule has 0 unspecified atom stereocenters. The molecule has 0 aromatic heterocycles. The Morgan fingerprint density at radius 3 is 2.14 bits per heavy atom. The van der Waals surface area contributed by atoms with E-state index in [1.807, 2.05) is 12.1 Å². The van der Waals surface area contributed by atoms with Crippen LogP contribution in [0.25, 0.3) is 0 Å². The van der Waals surface area contributed by atoms with E-state index in [4.69, 9.17) is 0 Å². The summed E-state index contributed by atoms with van der Waals surface area (Å²) >= 11 is 0. The van der Waals surface area contributed by atoms with Gasteiger partial charge in [0, 0.05) is 12.0 Å². The van der Waals surface area contributed by atoms with Gasteiger partial charge in [-0.3, -0.25) is 20.4 Å². The van der Waals surface area contributed by atoms with Crippen LogP contribution in [0.4, 0.5) is 0 Å². The van der Waals surface area contributed by atoms with Crippen LogP contribution in [-0.2, 0) is 10.2 Å². The smallest absolute Gasteiger partial charge is 0.269 e. The molecule has 122 valence electrons. The van der Waals surface area contributed by atoms with E-state index < -0.39 is 0 Å². The Labute approximate surface area is 133 Å². The highest BCUT2D eigenvalue weighted by Crippen LogP contribution is 2.22. The molecule has 22 heavy (non-hydrogen) atoms. The topological polar surface area (TPSA) is 58.2 Å². The summed E-state index contributed by atoms with van der Waals surface area (Å²) in [6.07, 6.45) is 4.63. The minimum Gasteiger partial charge on any atom is -0.273 e. The minimum absolute atomic E-state index is 0.0573. The summed E-state index contributed by atoms with van der Waals surface area (Å²) in [5.41, 5.74) is 6.69. The normalized spacial score (nSPS) is 11.1. The fourth-order valence-corrected chi connectivity index (χ4v) is 2.10. The number of carbonyl (C=O) groups is 2. The summed E-state index contributed by atoms with van der Waals surface area (Å²) in [6.45, 7) is 8.51. The Morgan fingerprint density at radius 1 is 0.955 bits per heavy atom. The molecule has 0 aliphatic rings. The first-order valence-electron chi connectivity index (χ1n) is 8.04. The molecule has 1 rings (SSSR count). The number of carbonyl (C=O) groups excluding carboxylic acids is 2. The zero-order valence-electron chi connectivity index (χ0n) is 14.2. The summed E-state index contributed by atoms with van der Waals surface area (Å²) in [5.74, 6) is -0.432. The van der Waals surface area contributed by atoms with Gasteiger partial charge in [0.05, 0.1) is 0 Å². The number of unbranched alkanes of at least 4 members (excludes halogenated alkanes) is 3. The molecule has 0 saturated heterocycles. The predicted octanol–water partition coefficient (Wildman–Crippen LogP) is 3.72. The largest absolute Gasteiger partial charge is 0.273 e. The first-order valence-corrected chi connectivity index (χ1v) is 8.04. The molecule has 2 amide bonds. The van der Waals surface area contributed by atoms with Crippen LogP contribution >= 0.6 is 0 Å². The molecule has 0 aliphatic carbocycles. The van der Waals surface area contributed by atoms with Gasteiger partial charge >= 0.3 is 0 Å². The lowest BCUT2D eigenvalue weighted by Crippen LogP contribution is -2.41. The van der Waals surface area contributed by atoms with Crippen LogP contribution in [0, 0.1) is 0 Å². The van der Waals surface area contributed by atoms with E-state index in [1.165, 1.54) is 5.56 Å². The fraction of sp³-hybridized carbons (Fsp3) is 0.556. The number of amides is 2. The van der Waals surface area contributed by atoms with Crippen LogP contribution in [0.3, 0.4) is 0 Å². The average Bonchev–Trinajstić information content (AvgIpc) is 2.48. The van der Waals surface area contributed by atoms with E-state index in [-0.39, 0.29) is 17.2 Å². The molecule has 0 saturated carbocycles. The quantitative estimate of drug-likeness (QED) is 0.621. The highest BCUT2D eigenvalue weighted by Gasteiger charge is 2.14. The molecule has 0 heterocycles. The molecule has 4 nitrogen and oxygen atoms in total. The zero-order chi connectivity index (χ0) is 16.6. The monoisotopic (exact) mass is 304 g/mol. The Morgan fingerprint density at radius 2 is 1.59 bits per heavy atom. The van der Waals surface area contributed by atoms with Crippen LogP contribution in [0.15, 0.2) is 24.3 Å². The number of benzene rings is 1. The molecule has 0 aliphatic heterocycles. The fourth-order valence-electron chi connectivity index (χ4n) is 2.10. The molecule has 0 bridgehead atoms. The second-order valence-corrected chi connectivity index (χ2v) is 6.64. The highest BCUT2D eigenvalue weighted by molar-refractivity contribution is 5.95. The van der Waals surface area contributed by atoms with Crippen molar-refractivity contribution in [1.29, 1.82) is 0 Å². The molecular weight excluding hydrogens is 276 g/mol. The summed E-state index contributed by atoms with van der Waals surface area (Å²) in [4.78, 5) is 23.6. The van der Waals surface area contributed by atoms with E-state index in [1.54, 1.807) is 12.1 Å². The molecule has 0 radical (unpaired) electrons. The van der Waals surface area contributed by atoms with E-state index in [0.29, 0.717) is 12.0 Å². The third-order valence-corrected chi connectivity index (χ3v) is 3.59. The molecular formula is C18H28N2O2. The maximum Gasteiger partial charge on any atom is 0.269 e. The third-order valence-electron chi connectivity index (χ3n) is 3.59. The number of nitrogens with one attached hydrogen (secondary N) is 2. The second-order valence-electron chi connectivity index (χ2n) is 6.64. The minimum atomic E-state index is -0.289. The van der Waals surface area contributed by atoms with Crippen molar-refractivity contribution < 1.29 is 9.59 Å². The van der Waals surface area contributed by atoms with Gasteiger partial charge < -0.3 is 0 Å². The number of rotatable bonds is 6. The molecule has 0 spiro atoms. The van der Waals surface area contributed by atoms with Crippen molar-refractivity contribution in [2.45, 2.75) is 65.2 Å². The van der Waals surface area contributed by atoms with Gasteiger partial charge in [-0.2, -0.15) is 0 Å². The number of hydrogen-bond acceptors (Lipinski definition) is 2.